The van der Waals surface area contributed by atoms with Gasteiger partial charge in [0.15, 0.2) is 0 Å². The largest absolute Gasteiger partial charge is 0.386 e. The van der Waals surface area contributed by atoms with Gasteiger partial charge in [-0.3, -0.25) is 0 Å². The van der Waals surface area contributed by atoms with Crippen LogP contribution >= 0.6 is 0 Å². The van der Waals surface area contributed by atoms with Crippen molar-refractivity contribution in [1.82, 2.24) is 0 Å². The minimum absolute atomic E-state index is 0.166. The highest BCUT2D eigenvalue weighted by Crippen LogP contribution is 2.23. The van der Waals surface area contributed by atoms with Crippen molar-refractivity contribution in [2.45, 2.75) is 13.0 Å². The molecule has 0 aliphatic heterocycles. The lowest BCUT2D eigenvalue weighted by Crippen LogP contribution is -2.14. The molecule has 1 aromatic rings. The Labute approximate surface area is 99.0 Å². The molecule has 0 spiro atoms. The predicted molar refractivity (Wildman–Crippen MR) is 58.7 cm³/mol. The number of benzene rings is 1. The summed E-state index contributed by atoms with van der Waals surface area (Å²) in [6.07, 6.45) is -1.31. The van der Waals surface area contributed by atoms with Gasteiger partial charge in [0.25, 0.3) is 0 Å². The van der Waals surface area contributed by atoms with E-state index in [0.29, 0.717) is 6.61 Å². The van der Waals surface area contributed by atoms with E-state index in [0.717, 1.165) is 6.07 Å². The molecule has 0 heterocycles. The van der Waals surface area contributed by atoms with Gasteiger partial charge in [-0.2, -0.15) is 0 Å². The summed E-state index contributed by atoms with van der Waals surface area (Å²) < 4.78 is 36.8. The molecule has 0 aliphatic rings. The van der Waals surface area contributed by atoms with Gasteiger partial charge in [-0.25, -0.2) is 8.78 Å². The van der Waals surface area contributed by atoms with Gasteiger partial charge < -0.3 is 14.6 Å². The second kappa shape index (κ2) is 6.64. The van der Waals surface area contributed by atoms with Crippen LogP contribution in [0.1, 0.15) is 17.2 Å². The average molecular weight is 246 g/mol. The van der Waals surface area contributed by atoms with Crippen molar-refractivity contribution in [3.63, 3.8) is 0 Å². The van der Waals surface area contributed by atoms with E-state index in [4.69, 9.17) is 9.47 Å². The molecule has 0 radical (unpaired) electrons. The Morgan fingerprint density at radius 1 is 1.29 bits per heavy atom. The first-order valence-electron chi connectivity index (χ1n) is 5.27. The van der Waals surface area contributed by atoms with Crippen LogP contribution in [0.4, 0.5) is 8.78 Å². The fourth-order valence-corrected chi connectivity index (χ4v) is 1.40. The Hall–Kier alpha value is -1.04. The van der Waals surface area contributed by atoms with Crippen molar-refractivity contribution in [3.05, 3.63) is 34.9 Å². The molecule has 0 aromatic heterocycles. The van der Waals surface area contributed by atoms with Crippen LogP contribution in [0.25, 0.3) is 0 Å². The monoisotopic (exact) mass is 246 g/mol. The molecule has 0 bridgehead atoms. The Morgan fingerprint density at radius 3 is 2.65 bits per heavy atom. The maximum absolute atomic E-state index is 13.6. The van der Waals surface area contributed by atoms with Crippen molar-refractivity contribution in [3.8, 4) is 0 Å². The molecule has 1 atom stereocenters. The molecule has 17 heavy (non-hydrogen) atoms. The van der Waals surface area contributed by atoms with Gasteiger partial charge in [0.05, 0.1) is 25.4 Å². The van der Waals surface area contributed by atoms with E-state index in [1.165, 1.54) is 20.1 Å². The molecule has 1 unspecified atom stereocenters. The van der Waals surface area contributed by atoms with Crippen LogP contribution in [0, 0.1) is 18.6 Å². The van der Waals surface area contributed by atoms with E-state index in [9.17, 15) is 13.9 Å². The third kappa shape index (κ3) is 3.73. The number of hydrogen-bond acceptors (Lipinski definition) is 3. The summed E-state index contributed by atoms with van der Waals surface area (Å²) in [5, 5.41) is 9.66. The summed E-state index contributed by atoms with van der Waals surface area (Å²) in [4.78, 5) is 0. The van der Waals surface area contributed by atoms with Gasteiger partial charge in [0.2, 0.25) is 0 Å². The lowest BCUT2D eigenvalue weighted by Gasteiger charge is -2.14. The molecule has 5 heteroatoms. The number of aliphatic hydroxyl groups is 1. The normalized spacial score (nSPS) is 12.8. The molecule has 1 N–H and O–H groups in total. The van der Waals surface area contributed by atoms with E-state index in [1.807, 2.05) is 0 Å². The van der Waals surface area contributed by atoms with Gasteiger partial charge in [-0.1, -0.05) is 6.07 Å². The summed E-state index contributed by atoms with van der Waals surface area (Å²) in [5.41, 5.74) is -0.0558. The Kier molecular flexibility index (Phi) is 5.47. The van der Waals surface area contributed by atoms with Crippen LogP contribution in [-0.4, -0.2) is 32.0 Å². The van der Waals surface area contributed by atoms with Gasteiger partial charge >= 0.3 is 0 Å². The fourth-order valence-electron chi connectivity index (χ4n) is 1.40. The highest BCUT2D eigenvalue weighted by molar-refractivity contribution is 5.28. The topological polar surface area (TPSA) is 38.7 Å². The molecule has 1 rings (SSSR count). The van der Waals surface area contributed by atoms with Gasteiger partial charge in [-0.15, -0.1) is 0 Å². The maximum Gasteiger partial charge on any atom is 0.134 e. The van der Waals surface area contributed by atoms with Crippen molar-refractivity contribution >= 4 is 0 Å². The molecule has 0 amide bonds. The van der Waals surface area contributed by atoms with Crippen LogP contribution in [0.5, 0.6) is 0 Å². The molecule has 0 saturated carbocycles. The Balaban J connectivity index is 2.68. The average Bonchev–Trinajstić information content (AvgIpc) is 2.30. The van der Waals surface area contributed by atoms with E-state index in [-0.39, 0.29) is 24.3 Å². The smallest absolute Gasteiger partial charge is 0.134 e. The van der Waals surface area contributed by atoms with E-state index < -0.39 is 17.7 Å². The number of aryl methyl sites for hydroxylation is 1. The molecule has 96 valence electrons. The minimum atomic E-state index is -1.31. The van der Waals surface area contributed by atoms with Crippen LogP contribution in [0.15, 0.2) is 12.1 Å². The van der Waals surface area contributed by atoms with Crippen molar-refractivity contribution in [1.29, 1.82) is 0 Å². The van der Waals surface area contributed by atoms with E-state index in [1.54, 1.807) is 0 Å². The van der Waals surface area contributed by atoms with Crippen molar-refractivity contribution < 1.29 is 23.4 Å². The first-order chi connectivity index (χ1) is 8.07. The highest BCUT2D eigenvalue weighted by Gasteiger charge is 2.19. The molecular weight excluding hydrogens is 230 g/mol. The van der Waals surface area contributed by atoms with E-state index >= 15 is 0 Å². The lowest BCUT2D eigenvalue weighted by molar-refractivity contribution is 0.00999. The summed E-state index contributed by atoms with van der Waals surface area (Å²) in [7, 11) is 1.51. The number of rotatable bonds is 6. The second-order valence-electron chi connectivity index (χ2n) is 3.68. The zero-order valence-corrected chi connectivity index (χ0v) is 9.87. The lowest BCUT2D eigenvalue weighted by atomic mass is 10.1. The number of ether oxygens (including phenoxy) is 2. The molecule has 0 fully saturated rings. The van der Waals surface area contributed by atoms with Crippen LogP contribution in [-0.2, 0) is 9.47 Å². The molecule has 0 saturated heterocycles. The molecule has 0 aliphatic carbocycles. The molecule has 3 nitrogen and oxygen atoms in total. The van der Waals surface area contributed by atoms with Crippen LogP contribution in [0.2, 0.25) is 0 Å². The van der Waals surface area contributed by atoms with Crippen molar-refractivity contribution in [2.24, 2.45) is 0 Å². The van der Waals surface area contributed by atoms with E-state index in [2.05, 4.69) is 0 Å². The summed E-state index contributed by atoms with van der Waals surface area (Å²) in [6.45, 7) is 1.98. The zero-order valence-electron chi connectivity index (χ0n) is 9.87. The number of methoxy groups -OCH3 is 1. The zero-order chi connectivity index (χ0) is 12.8. The third-order valence-corrected chi connectivity index (χ3v) is 2.36. The standard InChI is InChI=1S/C12H16F2O3/c1-8-3-4-9(13)11(12(8)14)10(15)7-17-6-5-16-2/h3-4,10,15H,5-7H2,1-2H3. The first kappa shape index (κ1) is 14.0. The maximum atomic E-state index is 13.6. The predicted octanol–water partition coefficient (Wildman–Crippen LogP) is 1.97. The molecular formula is C12H16F2O3. The number of aliphatic hydroxyl groups excluding tert-OH is 1. The summed E-state index contributed by atoms with van der Waals surface area (Å²) in [5.74, 6) is -1.50. The summed E-state index contributed by atoms with van der Waals surface area (Å²) in [6, 6.07) is 2.46. The first-order valence-corrected chi connectivity index (χ1v) is 5.27. The van der Waals surface area contributed by atoms with Gasteiger partial charge in [0, 0.05) is 7.11 Å². The fraction of sp³-hybridized carbons (Fsp3) is 0.500. The SMILES string of the molecule is COCCOCC(O)c1c(F)ccc(C)c1F. The summed E-state index contributed by atoms with van der Waals surface area (Å²) >= 11 is 0. The number of hydrogen-bond donors (Lipinski definition) is 1. The highest BCUT2D eigenvalue weighted by atomic mass is 19.1. The Bertz CT molecular complexity index is 369. The Morgan fingerprint density at radius 2 is 2.00 bits per heavy atom. The van der Waals surface area contributed by atoms with Crippen LogP contribution < -0.4 is 0 Å². The molecule has 1 aromatic carbocycles. The van der Waals surface area contributed by atoms with Gasteiger partial charge in [0.1, 0.15) is 17.7 Å². The number of halogens is 2. The second-order valence-corrected chi connectivity index (χ2v) is 3.68. The quantitative estimate of drug-likeness (QED) is 0.780. The van der Waals surface area contributed by atoms with Crippen molar-refractivity contribution in [2.75, 3.05) is 26.9 Å². The minimum Gasteiger partial charge on any atom is -0.386 e. The third-order valence-electron chi connectivity index (χ3n) is 2.36. The van der Waals surface area contributed by atoms with Crippen LogP contribution in [0.3, 0.4) is 0 Å². The van der Waals surface area contributed by atoms with Gasteiger partial charge in [-0.05, 0) is 18.6 Å².